The van der Waals surface area contributed by atoms with Crippen molar-refractivity contribution in [2.24, 2.45) is 0 Å². The molecule has 1 aliphatic carbocycles. The zero-order chi connectivity index (χ0) is 19.3. The number of halogens is 4. The standard InChI is InChI=1S/C20H19F4NO/c1-11-16-14(19(2,3)17(11)21)9-13(20(22,23)24)10-15(16)25-18(26)12-7-5-4-6-8-12/h4-11,17H,1-3H3,(H,25,26). The van der Waals surface area contributed by atoms with Crippen LogP contribution in [0.5, 0.6) is 0 Å². The molecule has 0 saturated heterocycles. The highest BCUT2D eigenvalue weighted by Gasteiger charge is 2.47. The first-order valence-corrected chi connectivity index (χ1v) is 8.29. The molecule has 0 saturated carbocycles. The van der Waals surface area contributed by atoms with Gasteiger partial charge < -0.3 is 5.32 Å². The number of carbonyl (C=O) groups is 1. The Morgan fingerprint density at radius 1 is 1.12 bits per heavy atom. The van der Waals surface area contributed by atoms with E-state index < -0.39 is 35.2 Å². The fourth-order valence-corrected chi connectivity index (χ4v) is 3.65. The summed E-state index contributed by atoms with van der Waals surface area (Å²) in [6, 6.07) is 10.1. The molecule has 2 nitrogen and oxygen atoms in total. The third kappa shape index (κ3) is 2.97. The summed E-state index contributed by atoms with van der Waals surface area (Å²) >= 11 is 0. The van der Waals surface area contributed by atoms with Crippen molar-refractivity contribution in [2.75, 3.05) is 5.32 Å². The van der Waals surface area contributed by atoms with E-state index in [-0.39, 0.29) is 11.3 Å². The van der Waals surface area contributed by atoms with Gasteiger partial charge in [0.1, 0.15) is 6.17 Å². The summed E-state index contributed by atoms with van der Waals surface area (Å²) in [4.78, 5) is 12.4. The van der Waals surface area contributed by atoms with Crippen molar-refractivity contribution in [3.05, 3.63) is 64.7 Å². The Hall–Kier alpha value is -2.37. The molecule has 0 radical (unpaired) electrons. The Morgan fingerprint density at radius 3 is 2.31 bits per heavy atom. The van der Waals surface area contributed by atoms with E-state index in [1.165, 1.54) is 0 Å². The zero-order valence-electron chi connectivity index (χ0n) is 14.6. The highest BCUT2D eigenvalue weighted by molar-refractivity contribution is 6.05. The summed E-state index contributed by atoms with van der Waals surface area (Å²) in [5, 5.41) is 2.55. The molecule has 6 heteroatoms. The van der Waals surface area contributed by atoms with Gasteiger partial charge in [0, 0.05) is 22.6 Å². The van der Waals surface area contributed by atoms with E-state index >= 15 is 0 Å². The Morgan fingerprint density at radius 2 is 1.73 bits per heavy atom. The second kappa shape index (κ2) is 6.11. The van der Waals surface area contributed by atoms with Crippen LogP contribution in [0.15, 0.2) is 42.5 Å². The molecule has 0 heterocycles. The van der Waals surface area contributed by atoms with Gasteiger partial charge in [-0.05, 0) is 35.4 Å². The van der Waals surface area contributed by atoms with Gasteiger partial charge in [-0.25, -0.2) is 4.39 Å². The third-order valence-electron chi connectivity index (χ3n) is 5.07. The van der Waals surface area contributed by atoms with Crippen molar-refractivity contribution >= 4 is 11.6 Å². The maximum Gasteiger partial charge on any atom is 0.416 e. The van der Waals surface area contributed by atoms with Gasteiger partial charge in [0.05, 0.1) is 5.56 Å². The molecule has 2 atom stereocenters. The first-order valence-electron chi connectivity index (χ1n) is 8.29. The molecule has 2 aromatic carbocycles. The van der Waals surface area contributed by atoms with Gasteiger partial charge in [-0.15, -0.1) is 0 Å². The van der Waals surface area contributed by atoms with Crippen molar-refractivity contribution in [1.29, 1.82) is 0 Å². The lowest BCUT2D eigenvalue weighted by Crippen LogP contribution is -2.26. The second-order valence-electron chi connectivity index (χ2n) is 7.22. The normalized spacial score (nSPS) is 21.3. The van der Waals surface area contributed by atoms with Crippen molar-refractivity contribution in [1.82, 2.24) is 0 Å². The van der Waals surface area contributed by atoms with Crippen LogP contribution in [0.1, 0.15) is 53.7 Å². The summed E-state index contributed by atoms with van der Waals surface area (Å²) in [5.41, 5.74) is -0.906. The maximum absolute atomic E-state index is 14.8. The number of fused-ring (bicyclic) bond motifs is 1. The van der Waals surface area contributed by atoms with Crippen LogP contribution in [0.3, 0.4) is 0 Å². The number of rotatable bonds is 2. The van der Waals surface area contributed by atoms with Gasteiger partial charge in [-0.1, -0.05) is 39.0 Å². The lowest BCUT2D eigenvalue weighted by Gasteiger charge is -2.24. The molecule has 2 unspecified atom stereocenters. The zero-order valence-corrected chi connectivity index (χ0v) is 14.6. The van der Waals surface area contributed by atoms with Crippen LogP contribution in [0.2, 0.25) is 0 Å². The number of anilines is 1. The van der Waals surface area contributed by atoms with Crippen LogP contribution in [-0.2, 0) is 11.6 Å². The van der Waals surface area contributed by atoms with Crippen molar-refractivity contribution in [3.8, 4) is 0 Å². The van der Waals surface area contributed by atoms with E-state index in [1.54, 1.807) is 51.1 Å². The van der Waals surface area contributed by atoms with E-state index in [4.69, 9.17) is 0 Å². The fraction of sp³-hybridized carbons (Fsp3) is 0.350. The molecule has 138 valence electrons. The number of alkyl halides is 4. The molecule has 1 amide bonds. The van der Waals surface area contributed by atoms with Crippen LogP contribution >= 0.6 is 0 Å². The minimum atomic E-state index is -4.59. The quantitative estimate of drug-likeness (QED) is 0.681. The number of carbonyl (C=O) groups excluding carboxylic acids is 1. The average Bonchev–Trinajstić information content (AvgIpc) is 2.76. The van der Waals surface area contributed by atoms with Gasteiger partial charge in [0.15, 0.2) is 0 Å². The lowest BCUT2D eigenvalue weighted by molar-refractivity contribution is -0.137. The number of amides is 1. The van der Waals surface area contributed by atoms with E-state index in [2.05, 4.69) is 5.32 Å². The Bertz CT molecular complexity index is 843. The van der Waals surface area contributed by atoms with Gasteiger partial charge in [-0.3, -0.25) is 4.79 Å². The molecule has 0 fully saturated rings. The smallest absolute Gasteiger partial charge is 0.322 e. The predicted molar refractivity (Wildman–Crippen MR) is 92.2 cm³/mol. The van der Waals surface area contributed by atoms with E-state index in [0.717, 1.165) is 12.1 Å². The third-order valence-corrected chi connectivity index (χ3v) is 5.07. The van der Waals surface area contributed by atoms with Crippen molar-refractivity contribution in [3.63, 3.8) is 0 Å². The van der Waals surface area contributed by atoms with Crippen LogP contribution in [-0.4, -0.2) is 12.1 Å². The predicted octanol–water partition coefficient (Wildman–Crippen LogP) is 5.69. The van der Waals surface area contributed by atoms with E-state index in [1.807, 2.05) is 0 Å². The molecular weight excluding hydrogens is 346 g/mol. The molecule has 2 aromatic rings. The molecule has 0 spiro atoms. The first-order chi connectivity index (χ1) is 12.0. The van der Waals surface area contributed by atoms with Crippen LogP contribution in [0.25, 0.3) is 0 Å². The molecule has 1 N–H and O–H groups in total. The molecule has 0 bridgehead atoms. The van der Waals surface area contributed by atoms with E-state index in [9.17, 15) is 22.4 Å². The summed E-state index contributed by atoms with van der Waals surface area (Å²) in [5.74, 6) is -1.15. The minimum absolute atomic E-state index is 0.0180. The molecular formula is C20H19F4NO. The van der Waals surface area contributed by atoms with Crippen LogP contribution in [0.4, 0.5) is 23.2 Å². The Labute approximate surface area is 149 Å². The van der Waals surface area contributed by atoms with Gasteiger partial charge in [0.25, 0.3) is 5.91 Å². The summed E-state index contributed by atoms with van der Waals surface area (Å²) < 4.78 is 54.8. The van der Waals surface area contributed by atoms with E-state index in [0.29, 0.717) is 11.1 Å². The number of benzene rings is 2. The molecule has 26 heavy (non-hydrogen) atoms. The van der Waals surface area contributed by atoms with Crippen LogP contribution in [0, 0.1) is 0 Å². The minimum Gasteiger partial charge on any atom is -0.322 e. The SMILES string of the molecule is CC1c2c(NC(=O)c3ccccc3)cc(C(F)(F)F)cc2C(C)(C)C1F. The maximum atomic E-state index is 14.8. The van der Waals surface area contributed by atoms with Crippen LogP contribution < -0.4 is 5.32 Å². The fourth-order valence-electron chi connectivity index (χ4n) is 3.65. The van der Waals surface area contributed by atoms with Crippen molar-refractivity contribution < 1.29 is 22.4 Å². The Kier molecular flexibility index (Phi) is 4.33. The van der Waals surface area contributed by atoms with Gasteiger partial charge in [0.2, 0.25) is 0 Å². The lowest BCUT2D eigenvalue weighted by atomic mass is 9.84. The Balaban J connectivity index is 2.13. The molecule has 1 aliphatic rings. The summed E-state index contributed by atoms with van der Waals surface area (Å²) in [7, 11) is 0. The van der Waals surface area contributed by atoms with Gasteiger partial charge in [-0.2, -0.15) is 13.2 Å². The molecule has 0 aromatic heterocycles. The second-order valence-corrected chi connectivity index (χ2v) is 7.22. The number of hydrogen-bond donors (Lipinski definition) is 1. The average molecular weight is 365 g/mol. The van der Waals surface area contributed by atoms with Crippen molar-refractivity contribution in [2.45, 2.75) is 44.5 Å². The summed E-state index contributed by atoms with van der Waals surface area (Å²) in [6.45, 7) is 4.80. The highest BCUT2D eigenvalue weighted by atomic mass is 19.4. The summed E-state index contributed by atoms with van der Waals surface area (Å²) in [6.07, 6.45) is -5.93. The molecule has 0 aliphatic heterocycles. The first kappa shape index (κ1) is 18.4. The largest absolute Gasteiger partial charge is 0.416 e. The number of nitrogens with one attached hydrogen (secondary N) is 1. The molecule has 3 rings (SSSR count). The van der Waals surface area contributed by atoms with Gasteiger partial charge >= 0.3 is 6.18 Å². The highest BCUT2D eigenvalue weighted by Crippen LogP contribution is 2.52. The monoisotopic (exact) mass is 365 g/mol. The topological polar surface area (TPSA) is 29.1 Å². The number of hydrogen-bond acceptors (Lipinski definition) is 1.